The van der Waals surface area contributed by atoms with E-state index >= 15 is 0 Å². The standard InChI is InChI=1S/C16H23NO3S/c18-15-7-3-6-14(11-15)17-21(19,20)16-9-8-12-4-1-2-5-13(12)10-16/h8-10,14-15,17-18H,1-7,11H2/t14-,15+/m1/s1. The predicted octanol–water partition coefficient (Wildman–Crippen LogP) is 2.15. The van der Waals surface area contributed by atoms with Crippen LogP contribution in [0.1, 0.15) is 49.7 Å². The zero-order valence-electron chi connectivity index (χ0n) is 12.2. The highest BCUT2D eigenvalue weighted by molar-refractivity contribution is 7.89. The first-order valence-corrected chi connectivity index (χ1v) is 9.35. The molecule has 0 amide bonds. The second-order valence-corrected chi connectivity index (χ2v) is 7.99. The Bertz CT molecular complexity index is 612. The van der Waals surface area contributed by atoms with Gasteiger partial charge in [0.25, 0.3) is 0 Å². The number of hydrogen-bond donors (Lipinski definition) is 2. The van der Waals surface area contributed by atoms with Gasteiger partial charge in [-0.05, 0) is 74.6 Å². The zero-order chi connectivity index (χ0) is 14.9. The Balaban J connectivity index is 1.78. The summed E-state index contributed by atoms with van der Waals surface area (Å²) in [7, 11) is -3.48. The lowest BCUT2D eigenvalue weighted by atomic mass is 9.92. The first kappa shape index (κ1) is 15.0. The van der Waals surface area contributed by atoms with E-state index in [-0.39, 0.29) is 12.1 Å². The Morgan fingerprint density at radius 3 is 2.57 bits per heavy atom. The number of hydrogen-bond acceptors (Lipinski definition) is 3. The van der Waals surface area contributed by atoms with E-state index in [0.29, 0.717) is 11.3 Å². The number of sulfonamides is 1. The number of benzene rings is 1. The molecule has 0 unspecified atom stereocenters. The molecule has 2 N–H and O–H groups in total. The number of nitrogens with one attached hydrogen (secondary N) is 1. The third-order valence-corrected chi connectivity index (χ3v) is 6.12. The number of aryl methyl sites for hydroxylation is 2. The van der Waals surface area contributed by atoms with Gasteiger partial charge in [0, 0.05) is 6.04 Å². The molecule has 0 aromatic heterocycles. The van der Waals surface area contributed by atoms with Crippen LogP contribution in [0.5, 0.6) is 0 Å². The summed E-state index contributed by atoms with van der Waals surface area (Å²) in [6.45, 7) is 0. The summed E-state index contributed by atoms with van der Waals surface area (Å²) in [4.78, 5) is 0.364. The van der Waals surface area contributed by atoms with Crippen molar-refractivity contribution in [3.05, 3.63) is 29.3 Å². The van der Waals surface area contributed by atoms with Crippen LogP contribution >= 0.6 is 0 Å². The maximum atomic E-state index is 12.5. The van der Waals surface area contributed by atoms with Crippen molar-refractivity contribution in [1.82, 2.24) is 4.72 Å². The molecule has 0 aliphatic heterocycles. The number of aliphatic hydroxyl groups is 1. The molecular weight excluding hydrogens is 286 g/mol. The van der Waals surface area contributed by atoms with Crippen LogP contribution in [-0.4, -0.2) is 25.7 Å². The molecule has 21 heavy (non-hydrogen) atoms. The van der Waals surface area contributed by atoms with Gasteiger partial charge in [0.1, 0.15) is 0 Å². The highest BCUT2D eigenvalue weighted by atomic mass is 32.2. The maximum absolute atomic E-state index is 12.5. The molecule has 0 bridgehead atoms. The quantitative estimate of drug-likeness (QED) is 0.899. The van der Waals surface area contributed by atoms with Crippen LogP contribution in [0.25, 0.3) is 0 Å². The minimum absolute atomic E-state index is 0.144. The van der Waals surface area contributed by atoms with E-state index in [4.69, 9.17) is 0 Å². The van der Waals surface area contributed by atoms with Crippen molar-refractivity contribution in [1.29, 1.82) is 0 Å². The van der Waals surface area contributed by atoms with Crippen molar-refractivity contribution in [2.75, 3.05) is 0 Å². The van der Waals surface area contributed by atoms with E-state index < -0.39 is 10.0 Å². The third-order valence-electron chi connectivity index (χ3n) is 4.60. The Labute approximate surface area is 126 Å². The third kappa shape index (κ3) is 3.47. The van der Waals surface area contributed by atoms with E-state index in [0.717, 1.165) is 38.5 Å². The molecule has 3 rings (SSSR count). The summed E-state index contributed by atoms with van der Waals surface area (Å²) in [6, 6.07) is 5.36. The van der Waals surface area contributed by atoms with Crippen LogP contribution in [-0.2, 0) is 22.9 Å². The van der Waals surface area contributed by atoms with Crippen molar-refractivity contribution >= 4 is 10.0 Å². The van der Waals surface area contributed by atoms with Gasteiger partial charge in [-0.15, -0.1) is 0 Å². The summed E-state index contributed by atoms with van der Waals surface area (Å²) in [5.41, 5.74) is 2.46. The molecule has 2 atom stereocenters. The molecule has 1 saturated carbocycles. The fourth-order valence-corrected chi connectivity index (χ4v) is 4.77. The first-order chi connectivity index (χ1) is 10.0. The van der Waals surface area contributed by atoms with Gasteiger partial charge in [-0.3, -0.25) is 0 Å². The monoisotopic (exact) mass is 309 g/mol. The van der Waals surface area contributed by atoms with Gasteiger partial charge < -0.3 is 5.11 Å². The molecular formula is C16H23NO3S. The summed E-state index contributed by atoms with van der Waals surface area (Å²) in [5.74, 6) is 0. The zero-order valence-corrected chi connectivity index (χ0v) is 13.0. The molecule has 0 heterocycles. The molecule has 1 aromatic rings. The molecule has 2 aliphatic rings. The molecule has 0 spiro atoms. The fourth-order valence-electron chi connectivity index (χ4n) is 3.44. The van der Waals surface area contributed by atoms with Crippen LogP contribution in [0.15, 0.2) is 23.1 Å². The molecule has 0 saturated heterocycles. The summed E-state index contributed by atoms with van der Waals surface area (Å²) in [6.07, 6.45) is 6.95. The predicted molar refractivity (Wildman–Crippen MR) is 81.7 cm³/mol. The molecule has 1 aromatic carbocycles. The number of aliphatic hydroxyl groups excluding tert-OH is 1. The molecule has 4 nitrogen and oxygen atoms in total. The van der Waals surface area contributed by atoms with Gasteiger partial charge in [0.15, 0.2) is 0 Å². The van der Waals surface area contributed by atoms with Gasteiger partial charge in [0.2, 0.25) is 10.0 Å². The summed E-state index contributed by atoms with van der Waals surface area (Å²) >= 11 is 0. The topological polar surface area (TPSA) is 66.4 Å². The lowest BCUT2D eigenvalue weighted by molar-refractivity contribution is 0.117. The summed E-state index contributed by atoms with van der Waals surface area (Å²) < 4.78 is 27.8. The molecule has 5 heteroatoms. The fraction of sp³-hybridized carbons (Fsp3) is 0.625. The van der Waals surface area contributed by atoms with Crippen LogP contribution in [0.2, 0.25) is 0 Å². The number of rotatable bonds is 3. The smallest absolute Gasteiger partial charge is 0.240 e. The van der Waals surface area contributed by atoms with Crippen molar-refractivity contribution in [2.24, 2.45) is 0 Å². The van der Waals surface area contributed by atoms with Gasteiger partial charge in [-0.25, -0.2) is 13.1 Å². The van der Waals surface area contributed by atoms with Crippen LogP contribution in [0.4, 0.5) is 0 Å². The van der Waals surface area contributed by atoms with E-state index in [9.17, 15) is 13.5 Å². The SMILES string of the molecule is O=S(=O)(N[C@@H]1CCC[C@H](O)C1)c1ccc2c(c1)CCCC2. The van der Waals surface area contributed by atoms with Crippen molar-refractivity contribution in [3.8, 4) is 0 Å². The van der Waals surface area contributed by atoms with Crippen molar-refractivity contribution in [2.45, 2.75) is 68.4 Å². The second kappa shape index (κ2) is 6.07. The Morgan fingerprint density at radius 2 is 1.81 bits per heavy atom. The minimum Gasteiger partial charge on any atom is -0.393 e. The second-order valence-electron chi connectivity index (χ2n) is 6.28. The van der Waals surface area contributed by atoms with Crippen LogP contribution in [0.3, 0.4) is 0 Å². The van der Waals surface area contributed by atoms with E-state index in [1.807, 2.05) is 12.1 Å². The lowest BCUT2D eigenvalue weighted by Gasteiger charge is -2.26. The van der Waals surface area contributed by atoms with Crippen molar-refractivity contribution < 1.29 is 13.5 Å². The van der Waals surface area contributed by atoms with Gasteiger partial charge in [-0.1, -0.05) is 6.07 Å². The lowest BCUT2D eigenvalue weighted by Crippen LogP contribution is -2.39. The Kier molecular flexibility index (Phi) is 4.33. The molecule has 2 aliphatic carbocycles. The van der Waals surface area contributed by atoms with E-state index in [1.54, 1.807) is 6.07 Å². The Hall–Kier alpha value is -0.910. The minimum atomic E-state index is -3.48. The van der Waals surface area contributed by atoms with E-state index in [2.05, 4.69) is 4.72 Å². The maximum Gasteiger partial charge on any atom is 0.240 e. The van der Waals surface area contributed by atoms with Crippen LogP contribution < -0.4 is 4.72 Å². The first-order valence-electron chi connectivity index (χ1n) is 7.87. The highest BCUT2D eigenvalue weighted by Gasteiger charge is 2.26. The van der Waals surface area contributed by atoms with Crippen molar-refractivity contribution in [3.63, 3.8) is 0 Å². The normalized spacial score (nSPS) is 26.3. The molecule has 0 radical (unpaired) electrons. The average molecular weight is 309 g/mol. The molecule has 1 fully saturated rings. The largest absolute Gasteiger partial charge is 0.393 e. The van der Waals surface area contributed by atoms with Gasteiger partial charge in [-0.2, -0.15) is 0 Å². The average Bonchev–Trinajstić information content (AvgIpc) is 2.46. The summed E-state index contributed by atoms with van der Waals surface area (Å²) in [5, 5.41) is 9.67. The van der Waals surface area contributed by atoms with E-state index in [1.165, 1.54) is 17.5 Å². The van der Waals surface area contributed by atoms with Gasteiger partial charge >= 0.3 is 0 Å². The Morgan fingerprint density at radius 1 is 1.05 bits per heavy atom. The molecule has 116 valence electrons. The van der Waals surface area contributed by atoms with Crippen LogP contribution in [0, 0.1) is 0 Å². The highest BCUT2D eigenvalue weighted by Crippen LogP contribution is 2.25. The number of fused-ring (bicyclic) bond motifs is 1. The van der Waals surface area contributed by atoms with Gasteiger partial charge in [0.05, 0.1) is 11.0 Å².